The summed E-state index contributed by atoms with van der Waals surface area (Å²) < 4.78 is 5.88. The molecule has 0 saturated carbocycles. The van der Waals surface area contributed by atoms with Gasteiger partial charge in [-0.3, -0.25) is 4.79 Å². The van der Waals surface area contributed by atoms with Crippen LogP contribution in [0, 0.1) is 0 Å². The van der Waals surface area contributed by atoms with E-state index in [1.165, 1.54) is 11.1 Å². The summed E-state index contributed by atoms with van der Waals surface area (Å²) in [5, 5.41) is 2.24. The molecule has 0 aliphatic carbocycles. The molecule has 1 aromatic carbocycles. The molecular formula is C18H29N2O2+. The number of nitrogens with zero attached hydrogens (tertiary/aromatic N) is 1. The highest BCUT2D eigenvalue weighted by atomic mass is 16.5. The Morgan fingerprint density at radius 2 is 1.95 bits per heavy atom. The highest BCUT2D eigenvalue weighted by Gasteiger charge is 2.22. The maximum Gasteiger partial charge on any atom is 0.260 e. The predicted octanol–water partition coefficient (Wildman–Crippen LogP) is 1.33. The second kappa shape index (κ2) is 7.14. The molecule has 1 amide bonds. The fourth-order valence-electron chi connectivity index (χ4n) is 2.74. The number of ether oxygens (including phenoxy) is 1. The monoisotopic (exact) mass is 305 g/mol. The summed E-state index contributed by atoms with van der Waals surface area (Å²) >= 11 is 0. The molecule has 1 aromatic rings. The Hall–Kier alpha value is -1.55. The Balaban J connectivity index is 2.07. The summed E-state index contributed by atoms with van der Waals surface area (Å²) in [7, 11) is 0. The lowest BCUT2D eigenvalue weighted by Crippen LogP contribution is -2.90. The molecule has 0 atom stereocenters. The number of piperazine rings is 1. The molecule has 1 fully saturated rings. The van der Waals surface area contributed by atoms with Crippen LogP contribution in [0.4, 0.5) is 0 Å². The van der Waals surface area contributed by atoms with E-state index in [-0.39, 0.29) is 17.9 Å². The number of amides is 1. The number of benzene rings is 1. The second-order valence-electron chi connectivity index (χ2n) is 6.97. The van der Waals surface area contributed by atoms with Crippen molar-refractivity contribution in [1.29, 1.82) is 0 Å². The van der Waals surface area contributed by atoms with Gasteiger partial charge in [0.25, 0.3) is 5.91 Å². The van der Waals surface area contributed by atoms with E-state index in [1.54, 1.807) is 0 Å². The normalized spacial score (nSPS) is 15.7. The first-order valence-corrected chi connectivity index (χ1v) is 8.27. The summed E-state index contributed by atoms with van der Waals surface area (Å²) in [6.45, 7) is 12.4. The van der Waals surface area contributed by atoms with Crippen LogP contribution in [0.3, 0.4) is 0 Å². The summed E-state index contributed by atoms with van der Waals surface area (Å²) in [6, 6.07) is 6.30. The van der Waals surface area contributed by atoms with Crippen LogP contribution >= 0.6 is 0 Å². The minimum absolute atomic E-state index is 0.00362. The quantitative estimate of drug-likeness (QED) is 0.912. The van der Waals surface area contributed by atoms with Gasteiger partial charge >= 0.3 is 0 Å². The van der Waals surface area contributed by atoms with Crippen molar-refractivity contribution in [2.75, 3.05) is 32.8 Å². The van der Waals surface area contributed by atoms with Gasteiger partial charge in [-0.15, -0.1) is 0 Å². The van der Waals surface area contributed by atoms with Crippen LogP contribution < -0.4 is 10.1 Å². The lowest BCUT2D eigenvalue weighted by atomic mass is 9.85. The smallest absolute Gasteiger partial charge is 0.260 e. The van der Waals surface area contributed by atoms with Gasteiger partial charge in [-0.05, 0) is 29.0 Å². The van der Waals surface area contributed by atoms with E-state index in [2.05, 4.69) is 45.1 Å². The lowest BCUT2D eigenvalue weighted by molar-refractivity contribution is -0.662. The van der Waals surface area contributed by atoms with E-state index in [1.807, 2.05) is 11.0 Å². The summed E-state index contributed by atoms with van der Waals surface area (Å²) in [4.78, 5) is 14.1. The SMILES string of the molecule is CCc1ccc(OCC(=O)N2CC[NH2+]CC2)c(C(C)(C)C)c1. The fourth-order valence-corrected chi connectivity index (χ4v) is 2.74. The van der Waals surface area contributed by atoms with Crippen molar-refractivity contribution in [1.82, 2.24) is 4.90 Å². The topological polar surface area (TPSA) is 46.1 Å². The van der Waals surface area contributed by atoms with Crippen LogP contribution in [0.15, 0.2) is 18.2 Å². The van der Waals surface area contributed by atoms with E-state index in [0.29, 0.717) is 0 Å². The molecule has 122 valence electrons. The van der Waals surface area contributed by atoms with Crippen molar-refractivity contribution in [3.8, 4) is 5.75 Å². The number of carbonyl (C=O) groups is 1. The molecule has 2 rings (SSSR count). The van der Waals surface area contributed by atoms with Crippen LogP contribution in [-0.2, 0) is 16.6 Å². The number of rotatable bonds is 4. The van der Waals surface area contributed by atoms with E-state index < -0.39 is 0 Å². The van der Waals surface area contributed by atoms with Crippen LogP contribution in [-0.4, -0.2) is 43.6 Å². The van der Waals surface area contributed by atoms with Gasteiger partial charge in [-0.2, -0.15) is 0 Å². The van der Waals surface area contributed by atoms with Crippen LogP contribution in [0.2, 0.25) is 0 Å². The van der Waals surface area contributed by atoms with Crippen molar-refractivity contribution in [3.63, 3.8) is 0 Å². The van der Waals surface area contributed by atoms with E-state index in [0.717, 1.165) is 38.3 Å². The van der Waals surface area contributed by atoms with Crippen LogP contribution in [0.25, 0.3) is 0 Å². The van der Waals surface area contributed by atoms with E-state index >= 15 is 0 Å². The zero-order valence-electron chi connectivity index (χ0n) is 14.3. The molecule has 0 bridgehead atoms. The summed E-state index contributed by atoms with van der Waals surface area (Å²) in [5.74, 6) is 0.925. The standard InChI is InChI=1S/C18H28N2O2/c1-5-14-6-7-16(15(12-14)18(2,3)4)22-13-17(21)20-10-8-19-9-11-20/h6-7,12,19H,5,8-11,13H2,1-4H3/p+1. The van der Waals surface area contributed by atoms with Gasteiger partial charge in [0, 0.05) is 0 Å². The molecule has 0 radical (unpaired) electrons. The molecule has 0 spiro atoms. The van der Waals surface area contributed by atoms with Gasteiger partial charge in [-0.1, -0.05) is 39.8 Å². The van der Waals surface area contributed by atoms with Gasteiger partial charge in [0.1, 0.15) is 5.75 Å². The van der Waals surface area contributed by atoms with E-state index in [9.17, 15) is 4.79 Å². The second-order valence-corrected chi connectivity index (χ2v) is 6.97. The lowest BCUT2D eigenvalue weighted by Gasteiger charge is -2.27. The fraction of sp³-hybridized carbons (Fsp3) is 0.611. The minimum Gasteiger partial charge on any atom is -0.483 e. The van der Waals surface area contributed by atoms with Crippen molar-refractivity contribution in [2.24, 2.45) is 0 Å². The number of carbonyl (C=O) groups excluding carboxylic acids is 1. The molecule has 1 aliphatic heterocycles. The molecule has 4 nitrogen and oxygen atoms in total. The zero-order chi connectivity index (χ0) is 16.2. The van der Waals surface area contributed by atoms with Gasteiger partial charge < -0.3 is 15.0 Å². The molecule has 1 heterocycles. The molecule has 1 aliphatic rings. The van der Waals surface area contributed by atoms with Crippen molar-refractivity contribution >= 4 is 5.91 Å². The third kappa shape index (κ3) is 4.23. The maximum absolute atomic E-state index is 12.2. The van der Waals surface area contributed by atoms with Gasteiger partial charge in [0.05, 0.1) is 26.2 Å². The Morgan fingerprint density at radius 1 is 1.27 bits per heavy atom. The number of aryl methyl sites for hydroxylation is 1. The number of hydrogen-bond donors (Lipinski definition) is 1. The Kier molecular flexibility index (Phi) is 5.46. The summed E-state index contributed by atoms with van der Waals surface area (Å²) in [6.07, 6.45) is 1.01. The molecule has 0 unspecified atom stereocenters. The van der Waals surface area contributed by atoms with Crippen molar-refractivity contribution < 1.29 is 14.8 Å². The zero-order valence-corrected chi connectivity index (χ0v) is 14.3. The first kappa shape index (κ1) is 16.8. The molecule has 1 saturated heterocycles. The molecule has 4 heteroatoms. The van der Waals surface area contributed by atoms with Crippen LogP contribution in [0.1, 0.15) is 38.8 Å². The van der Waals surface area contributed by atoms with Crippen LogP contribution in [0.5, 0.6) is 5.75 Å². The van der Waals surface area contributed by atoms with Gasteiger partial charge in [0.2, 0.25) is 0 Å². The Bertz CT molecular complexity index is 514. The number of nitrogens with two attached hydrogens (primary N) is 1. The van der Waals surface area contributed by atoms with Crippen molar-refractivity contribution in [2.45, 2.75) is 39.5 Å². The molecule has 0 aromatic heterocycles. The first-order chi connectivity index (χ1) is 10.4. The van der Waals surface area contributed by atoms with Gasteiger partial charge in [0.15, 0.2) is 6.61 Å². The van der Waals surface area contributed by atoms with E-state index in [4.69, 9.17) is 4.74 Å². The summed E-state index contributed by atoms with van der Waals surface area (Å²) in [5.41, 5.74) is 2.48. The maximum atomic E-state index is 12.2. The predicted molar refractivity (Wildman–Crippen MR) is 88.3 cm³/mol. The first-order valence-electron chi connectivity index (χ1n) is 8.27. The molecule has 2 N–H and O–H groups in total. The average molecular weight is 305 g/mol. The van der Waals surface area contributed by atoms with Crippen molar-refractivity contribution in [3.05, 3.63) is 29.3 Å². The highest BCUT2D eigenvalue weighted by Crippen LogP contribution is 2.32. The largest absolute Gasteiger partial charge is 0.483 e. The number of quaternary nitrogens is 1. The average Bonchev–Trinajstić information content (AvgIpc) is 2.52. The number of hydrogen-bond acceptors (Lipinski definition) is 2. The minimum atomic E-state index is 0.00362. The Labute approximate surface area is 133 Å². The third-order valence-electron chi connectivity index (χ3n) is 4.17. The van der Waals surface area contributed by atoms with Gasteiger partial charge in [-0.25, -0.2) is 0 Å². The molecular weight excluding hydrogens is 276 g/mol. The highest BCUT2D eigenvalue weighted by molar-refractivity contribution is 5.77. The Morgan fingerprint density at radius 3 is 2.55 bits per heavy atom. The molecule has 22 heavy (non-hydrogen) atoms. The third-order valence-corrected chi connectivity index (χ3v) is 4.17.